The van der Waals surface area contributed by atoms with E-state index in [1.807, 2.05) is 48.8 Å². The number of carbonyl (C=O) groups excluding carboxylic acids is 1. The zero-order valence-corrected chi connectivity index (χ0v) is 15.0. The maximum atomic E-state index is 12.4. The van der Waals surface area contributed by atoms with Gasteiger partial charge in [-0.25, -0.2) is 9.78 Å². The zero-order valence-electron chi connectivity index (χ0n) is 14.2. The van der Waals surface area contributed by atoms with Gasteiger partial charge in [0, 0.05) is 38.6 Å². The quantitative estimate of drug-likeness (QED) is 0.924. The first-order chi connectivity index (χ1) is 11.5. The summed E-state index contributed by atoms with van der Waals surface area (Å²) in [7, 11) is 3.87. The van der Waals surface area contributed by atoms with E-state index in [4.69, 9.17) is 4.74 Å². The Kier molecular flexibility index (Phi) is 4.89. The Morgan fingerprint density at radius 2 is 2.29 bits per heavy atom. The molecule has 2 amide bonds. The zero-order chi connectivity index (χ0) is 17.1. The molecule has 1 N–H and O–H groups in total. The van der Waals surface area contributed by atoms with E-state index < -0.39 is 0 Å². The summed E-state index contributed by atoms with van der Waals surface area (Å²) in [6.07, 6.45) is 2.56. The van der Waals surface area contributed by atoms with E-state index in [2.05, 4.69) is 10.3 Å². The lowest BCUT2D eigenvalue weighted by molar-refractivity contribution is 0.195. The fraction of sp³-hybridized carbons (Fsp3) is 0.412. The molecule has 2 aromatic rings. The Hall–Kier alpha value is -2.28. The van der Waals surface area contributed by atoms with Crippen LogP contribution < -0.4 is 15.0 Å². The van der Waals surface area contributed by atoms with Crippen molar-refractivity contribution in [3.05, 3.63) is 34.7 Å². The van der Waals surface area contributed by atoms with Crippen molar-refractivity contribution in [3.8, 4) is 5.75 Å². The van der Waals surface area contributed by atoms with Crippen LogP contribution in [0.4, 0.5) is 16.3 Å². The van der Waals surface area contributed by atoms with E-state index >= 15 is 0 Å². The number of hydrogen-bond acceptors (Lipinski definition) is 5. The van der Waals surface area contributed by atoms with E-state index in [0.717, 1.165) is 29.2 Å². The van der Waals surface area contributed by atoms with Gasteiger partial charge in [-0.05, 0) is 30.0 Å². The normalized spacial score (nSPS) is 17.0. The number of rotatable bonds is 4. The van der Waals surface area contributed by atoms with Gasteiger partial charge in [-0.1, -0.05) is 0 Å². The van der Waals surface area contributed by atoms with Gasteiger partial charge in [0.15, 0.2) is 11.6 Å². The summed E-state index contributed by atoms with van der Waals surface area (Å²) in [6.45, 7) is 3.27. The average Bonchev–Trinajstić information content (AvgIpc) is 3.17. The van der Waals surface area contributed by atoms with Crippen molar-refractivity contribution in [3.63, 3.8) is 0 Å². The lowest BCUT2D eigenvalue weighted by Crippen LogP contribution is -2.34. The molecule has 24 heavy (non-hydrogen) atoms. The molecule has 6 nitrogen and oxygen atoms in total. The first kappa shape index (κ1) is 16.6. The minimum atomic E-state index is -0.0679. The van der Waals surface area contributed by atoms with Crippen molar-refractivity contribution in [2.75, 3.05) is 37.4 Å². The van der Waals surface area contributed by atoms with Crippen LogP contribution in [0.15, 0.2) is 29.1 Å². The molecule has 3 rings (SSSR count). The molecule has 1 atom stereocenters. The molecule has 0 aromatic carbocycles. The molecule has 1 saturated heterocycles. The summed E-state index contributed by atoms with van der Waals surface area (Å²) in [5.74, 6) is 1.55. The van der Waals surface area contributed by atoms with Gasteiger partial charge in [-0.15, -0.1) is 11.3 Å². The largest absolute Gasteiger partial charge is 0.485 e. The number of amides is 2. The van der Waals surface area contributed by atoms with Crippen LogP contribution in [0.5, 0.6) is 5.75 Å². The van der Waals surface area contributed by atoms with Crippen LogP contribution in [-0.4, -0.2) is 49.2 Å². The highest BCUT2D eigenvalue weighted by molar-refractivity contribution is 7.08. The number of nitrogens with one attached hydrogen (secondary N) is 1. The molecule has 0 aliphatic carbocycles. The molecule has 7 heteroatoms. The number of hydrogen-bond donors (Lipinski definition) is 1. The highest BCUT2D eigenvalue weighted by atomic mass is 32.1. The van der Waals surface area contributed by atoms with Crippen LogP contribution in [0, 0.1) is 6.92 Å². The van der Waals surface area contributed by atoms with Crippen LogP contribution in [0.2, 0.25) is 0 Å². The molecule has 1 aliphatic rings. The van der Waals surface area contributed by atoms with Crippen molar-refractivity contribution in [1.29, 1.82) is 0 Å². The molecule has 1 aliphatic heterocycles. The molecular weight excluding hydrogens is 324 g/mol. The fourth-order valence-corrected chi connectivity index (χ4v) is 3.46. The van der Waals surface area contributed by atoms with Crippen molar-refractivity contribution < 1.29 is 9.53 Å². The van der Waals surface area contributed by atoms with E-state index in [-0.39, 0.29) is 12.1 Å². The summed E-state index contributed by atoms with van der Waals surface area (Å²) in [5.41, 5.74) is 1.97. The highest BCUT2D eigenvalue weighted by Crippen LogP contribution is 2.27. The Labute approximate surface area is 146 Å². The molecule has 0 bridgehead atoms. The lowest BCUT2D eigenvalue weighted by atomic mass is 10.3. The molecule has 3 heterocycles. The third-order valence-corrected chi connectivity index (χ3v) is 4.86. The van der Waals surface area contributed by atoms with Gasteiger partial charge < -0.3 is 19.9 Å². The molecule has 1 unspecified atom stereocenters. The number of ether oxygens (including phenoxy) is 1. The standard InChI is InChI=1S/C17H22N4O2S/c1-12-10-24-11-14(12)19-17(22)21-8-6-13(9-21)23-15-5-4-7-18-16(15)20(2)3/h4-5,7,10-11,13H,6,8-9H2,1-3H3,(H,19,22). The second-order valence-corrected chi connectivity index (χ2v) is 6.84. The summed E-state index contributed by atoms with van der Waals surface area (Å²) in [5, 5.41) is 6.95. The second kappa shape index (κ2) is 7.09. The van der Waals surface area contributed by atoms with E-state index in [1.165, 1.54) is 0 Å². The van der Waals surface area contributed by atoms with Crippen LogP contribution in [-0.2, 0) is 0 Å². The number of pyridine rings is 1. The van der Waals surface area contributed by atoms with Crippen LogP contribution in [0.3, 0.4) is 0 Å². The Morgan fingerprint density at radius 3 is 3.00 bits per heavy atom. The first-order valence-corrected chi connectivity index (χ1v) is 8.86. The second-order valence-electron chi connectivity index (χ2n) is 6.09. The lowest BCUT2D eigenvalue weighted by Gasteiger charge is -2.20. The van der Waals surface area contributed by atoms with Gasteiger partial charge in [0.1, 0.15) is 6.10 Å². The number of thiophene rings is 1. The minimum absolute atomic E-state index is 0.0118. The van der Waals surface area contributed by atoms with Gasteiger partial charge in [0.25, 0.3) is 0 Å². The molecule has 128 valence electrons. The summed E-state index contributed by atoms with van der Waals surface area (Å²) in [6, 6.07) is 3.71. The Balaban J connectivity index is 1.60. The predicted octanol–water partition coefficient (Wildman–Crippen LogP) is 3.20. The summed E-state index contributed by atoms with van der Waals surface area (Å²) < 4.78 is 6.08. The smallest absolute Gasteiger partial charge is 0.322 e. The Morgan fingerprint density at radius 1 is 1.46 bits per heavy atom. The molecule has 0 radical (unpaired) electrons. The van der Waals surface area contributed by atoms with Gasteiger partial charge in [0.05, 0.1) is 12.2 Å². The molecule has 0 saturated carbocycles. The molecule has 0 spiro atoms. The maximum Gasteiger partial charge on any atom is 0.322 e. The fourth-order valence-electron chi connectivity index (χ4n) is 2.68. The third-order valence-electron chi connectivity index (χ3n) is 4.00. The molecule has 1 fully saturated rings. The van der Waals surface area contributed by atoms with Crippen LogP contribution in [0.25, 0.3) is 0 Å². The number of aryl methyl sites for hydroxylation is 1. The number of carbonyl (C=O) groups is 1. The van der Waals surface area contributed by atoms with E-state index in [1.54, 1.807) is 22.4 Å². The average molecular weight is 346 g/mol. The molecular formula is C17H22N4O2S. The van der Waals surface area contributed by atoms with Gasteiger partial charge in [-0.2, -0.15) is 0 Å². The number of nitrogens with zero attached hydrogens (tertiary/aromatic N) is 3. The number of likely N-dealkylation sites (tertiary alicyclic amines) is 1. The first-order valence-electron chi connectivity index (χ1n) is 7.92. The minimum Gasteiger partial charge on any atom is -0.485 e. The summed E-state index contributed by atoms with van der Waals surface area (Å²) >= 11 is 1.59. The van der Waals surface area contributed by atoms with Crippen molar-refractivity contribution in [2.24, 2.45) is 0 Å². The van der Waals surface area contributed by atoms with Crippen LogP contribution >= 0.6 is 11.3 Å². The van der Waals surface area contributed by atoms with Crippen molar-refractivity contribution in [2.45, 2.75) is 19.4 Å². The van der Waals surface area contributed by atoms with Gasteiger partial charge in [-0.3, -0.25) is 0 Å². The predicted molar refractivity (Wildman–Crippen MR) is 97.2 cm³/mol. The highest BCUT2D eigenvalue weighted by Gasteiger charge is 2.28. The topological polar surface area (TPSA) is 57.7 Å². The maximum absolute atomic E-state index is 12.4. The summed E-state index contributed by atoms with van der Waals surface area (Å²) in [4.78, 5) is 20.4. The van der Waals surface area contributed by atoms with Gasteiger partial charge in [0.2, 0.25) is 0 Å². The number of anilines is 2. The number of aromatic nitrogens is 1. The van der Waals surface area contributed by atoms with Gasteiger partial charge >= 0.3 is 6.03 Å². The van der Waals surface area contributed by atoms with Crippen molar-refractivity contribution in [1.82, 2.24) is 9.88 Å². The SMILES string of the molecule is Cc1cscc1NC(=O)N1CCC(Oc2cccnc2N(C)C)C1. The van der Waals surface area contributed by atoms with Crippen LogP contribution in [0.1, 0.15) is 12.0 Å². The Bertz CT molecular complexity index is 716. The monoisotopic (exact) mass is 346 g/mol. The van der Waals surface area contributed by atoms with E-state index in [0.29, 0.717) is 13.1 Å². The van der Waals surface area contributed by atoms with Crippen molar-refractivity contribution >= 4 is 28.9 Å². The molecule has 2 aromatic heterocycles. The number of urea groups is 1. The third kappa shape index (κ3) is 3.62. The van der Waals surface area contributed by atoms with E-state index in [9.17, 15) is 4.79 Å².